The van der Waals surface area contributed by atoms with Crippen molar-refractivity contribution in [3.63, 3.8) is 0 Å². The molecule has 2 nitrogen and oxygen atoms in total. The van der Waals surface area contributed by atoms with Gasteiger partial charge in [0.15, 0.2) is 0 Å². The largest absolute Gasteiger partial charge is 0.346 e. The molecule has 0 atom stereocenters. The van der Waals surface area contributed by atoms with Crippen molar-refractivity contribution in [2.75, 3.05) is 19.6 Å². The van der Waals surface area contributed by atoms with Gasteiger partial charge in [0, 0.05) is 25.6 Å². The fourth-order valence-electron chi connectivity index (χ4n) is 1.03. The first-order valence-electron chi connectivity index (χ1n) is 5.83. The number of hydrogen-bond acceptors (Lipinski definition) is 2. The van der Waals surface area contributed by atoms with Crippen molar-refractivity contribution in [2.45, 2.75) is 46.0 Å². The molecule has 0 fully saturated rings. The van der Waals surface area contributed by atoms with Gasteiger partial charge in [0.1, 0.15) is 0 Å². The topological polar surface area (TPSA) is 24.1 Å². The highest BCUT2D eigenvalue weighted by atomic mass is 14.8. The Balaban J connectivity index is 3.02. The molecule has 2 heteroatoms. The Labute approximate surface area is 88.9 Å². The van der Waals surface area contributed by atoms with Crippen LogP contribution in [0.5, 0.6) is 0 Å². The lowest BCUT2D eigenvalue weighted by atomic mass is 10.3. The van der Waals surface area contributed by atoms with Crippen LogP contribution in [0.2, 0.25) is 0 Å². The van der Waals surface area contributed by atoms with Crippen molar-refractivity contribution < 1.29 is 0 Å². The first kappa shape index (κ1) is 13.3. The van der Waals surface area contributed by atoms with E-state index in [9.17, 15) is 0 Å². The smallest absolute Gasteiger partial charge is 0.0232 e. The molecule has 82 valence electrons. The van der Waals surface area contributed by atoms with E-state index >= 15 is 0 Å². The van der Waals surface area contributed by atoms with Gasteiger partial charge in [-0.3, -0.25) is 0 Å². The molecule has 0 saturated carbocycles. The molecule has 0 aliphatic rings. The zero-order chi connectivity index (χ0) is 10.5. The van der Waals surface area contributed by atoms with E-state index in [-0.39, 0.29) is 0 Å². The predicted octanol–water partition coefficient (Wildman–Crippen LogP) is 2.12. The lowest BCUT2D eigenvalue weighted by molar-refractivity contribution is 0.648. The predicted molar refractivity (Wildman–Crippen MR) is 63.1 cm³/mol. The highest BCUT2D eigenvalue weighted by Gasteiger charge is 1.83. The zero-order valence-corrected chi connectivity index (χ0v) is 9.66. The van der Waals surface area contributed by atoms with Crippen LogP contribution < -0.4 is 10.6 Å². The molecular formula is C12H24N2. The van der Waals surface area contributed by atoms with Crippen molar-refractivity contribution in [1.29, 1.82) is 0 Å². The second-order valence-electron chi connectivity index (χ2n) is 3.44. The van der Waals surface area contributed by atoms with E-state index in [4.69, 9.17) is 0 Å². The van der Waals surface area contributed by atoms with Crippen molar-refractivity contribution >= 4 is 0 Å². The maximum absolute atomic E-state index is 3.36. The summed E-state index contributed by atoms with van der Waals surface area (Å²) in [6.45, 7) is 7.56. The Morgan fingerprint density at radius 1 is 0.929 bits per heavy atom. The second kappa shape index (κ2) is 12.3. The molecule has 0 aliphatic carbocycles. The number of rotatable bonds is 8. The van der Waals surface area contributed by atoms with E-state index in [0.717, 1.165) is 26.1 Å². The van der Waals surface area contributed by atoms with Crippen LogP contribution in [-0.2, 0) is 0 Å². The van der Waals surface area contributed by atoms with Gasteiger partial charge in [0.25, 0.3) is 0 Å². The molecule has 14 heavy (non-hydrogen) atoms. The van der Waals surface area contributed by atoms with E-state index in [1.807, 2.05) is 0 Å². The molecule has 0 rings (SSSR count). The van der Waals surface area contributed by atoms with Gasteiger partial charge < -0.3 is 10.6 Å². The van der Waals surface area contributed by atoms with E-state index < -0.39 is 0 Å². The standard InChI is InChI=1S/C12H24N2/c1-3-5-9-13-11-7-8-12-14-10-6-4-2/h13-14H,3-7,9-11H2,1-2H3. The Kier molecular flexibility index (Phi) is 11.7. The molecule has 0 aliphatic heterocycles. The van der Waals surface area contributed by atoms with Crippen LogP contribution in [0, 0.1) is 12.0 Å². The van der Waals surface area contributed by atoms with Crippen LogP contribution in [-0.4, -0.2) is 19.6 Å². The summed E-state index contributed by atoms with van der Waals surface area (Å²) in [5, 5.41) is 6.46. The minimum absolute atomic E-state index is 0.947. The number of unbranched alkanes of at least 4 members (excludes halogenated alkanes) is 2. The molecule has 0 heterocycles. The number of nitrogens with one attached hydrogen (secondary N) is 2. The average Bonchev–Trinajstić information content (AvgIpc) is 2.21. The zero-order valence-electron chi connectivity index (χ0n) is 9.66. The maximum atomic E-state index is 3.36. The van der Waals surface area contributed by atoms with Crippen molar-refractivity contribution in [2.24, 2.45) is 0 Å². The van der Waals surface area contributed by atoms with Crippen molar-refractivity contribution in [3.8, 4) is 12.0 Å². The third kappa shape index (κ3) is 11.3. The Morgan fingerprint density at radius 2 is 1.64 bits per heavy atom. The van der Waals surface area contributed by atoms with E-state index in [0.29, 0.717) is 0 Å². The lowest BCUT2D eigenvalue weighted by Gasteiger charge is -1.98. The summed E-state index contributed by atoms with van der Waals surface area (Å²) < 4.78 is 0. The van der Waals surface area contributed by atoms with Gasteiger partial charge in [-0.15, -0.1) is 0 Å². The van der Waals surface area contributed by atoms with Crippen LogP contribution in [0.4, 0.5) is 0 Å². The molecule has 0 aromatic heterocycles. The van der Waals surface area contributed by atoms with Crippen LogP contribution in [0.3, 0.4) is 0 Å². The van der Waals surface area contributed by atoms with Crippen LogP contribution in [0.25, 0.3) is 0 Å². The van der Waals surface area contributed by atoms with E-state index in [1.165, 1.54) is 25.7 Å². The fraction of sp³-hybridized carbons (Fsp3) is 0.833. The summed E-state index contributed by atoms with van der Waals surface area (Å²) in [5.74, 6) is 3.10. The van der Waals surface area contributed by atoms with Crippen LogP contribution in [0.15, 0.2) is 0 Å². The van der Waals surface area contributed by atoms with E-state index in [1.54, 1.807) is 0 Å². The van der Waals surface area contributed by atoms with Gasteiger partial charge in [-0.05, 0) is 19.4 Å². The molecule has 2 N–H and O–H groups in total. The summed E-state index contributed by atoms with van der Waals surface area (Å²) in [4.78, 5) is 0. The fourth-order valence-corrected chi connectivity index (χ4v) is 1.03. The Hall–Kier alpha value is -0.680. The monoisotopic (exact) mass is 196 g/mol. The summed E-state index contributed by atoms with van der Waals surface area (Å²) in [6, 6.07) is 2.97. The van der Waals surface area contributed by atoms with Gasteiger partial charge in [-0.1, -0.05) is 32.6 Å². The molecule has 0 aromatic rings. The summed E-state index contributed by atoms with van der Waals surface area (Å²) in [7, 11) is 0. The maximum Gasteiger partial charge on any atom is 0.0232 e. The Bertz CT molecular complexity index is 155. The molecule has 0 aromatic carbocycles. The molecular weight excluding hydrogens is 172 g/mol. The summed E-state index contributed by atoms with van der Waals surface area (Å²) in [5.41, 5.74) is 0. The summed E-state index contributed by atoms with van der Waals surface area (Å²) >= 11 is 0. The average molecular weight is 196 g/mol. The second-order valence-corrected chi connectivity index (χ2v) is 3.44. The van der Waals surface area contributed by atoms with Crippen LogP contribution in [0.1, 0.15) is 46.0 Å². The van der Waals surface area contributed by atoms with Gasteiger partial charge in [0.2, 0.25) is 0 Å². The minimum atomic E-state index is 0.947. The minimum Gasteiger partial charge on any atom is -0.346 e. The molecule has 0 unspecified atom stereocenters. The first-order valence-corrected chi connectivity index (χ1v) is 5.83. The van der Waals surface area contributed by atoms with E-state index in [2.05, 4.69) is 36.4 Å². The van der Waals surface area contributed by atoms with Crippen molar-refractivity contribution in [1.82, 2.24) is 10.6 Å². The van der Waals surface area contributed by atoms with Crippen LogP contribution >= 0.6 is 0 Å². The highest BCUT2D eigenvalue weighted by Crippen LogP contribution is 1.82. The molecule has 0 amide bonds. The SMILES string of the molecule is CCCCNC#CCCNCCCC. The Morgan fingerprint density at radius 3 is 2.36 bits per heavy atom. The normalized spacial score (nSPS) is 9.29. The van der Waals surface area contributed by atoms with Crippen molar-refractivity contribution in [3.05, 3.63) is 0 Å². The first-order chi connectivity index (χ1) is 6.91. The highest BCUT2D eigenvalue weighted by molar-refractivity contribution is 4.96. The molecule has 0 bridgehead atoms. The lowest BCUT2D eigenvalue weighted by Crippen LogP contribution is -2.16. The molecule has 0 saturated heterocycles. The van der Waals surface area contributed by atoms with Gasteiger partial charge in [-0.2, -0.15) is 0 Å². The van der Waals surface area contributed by atoms with Gasteiger partial charge >= 0.3 is 0 Å². The van der Waals surface area contributed by atoms with Gasteiger partial charge in [0.05, 0.1) is 0 Å². The third-order valence-corrected chi connectivity index (χ3v) is 1.97. The summed E-state index contributed by atoms with van der Waals surface area (Å²) in [6.07, 6.45) is 5.92. The van der Waals surface area contributed by atoms with Gasteiger partial charge in [-0.25, -0.2) is 0 Å². The molecule has 0 radical (unpaired) electrons. The quantitative estimate of drug-likeness (QED) is 0.353. The number of hydrogen-bond donors (Lipinski definition) is 2. The third-order valence-electron chi connectivity index (χ3n) is 1.97. The molecule has 0 spiro atoms.